The van der Waals surface area contributed by atoms with Crippen LogP contribution in [-0.2, 0) is 0 Å². The molecule has 0 aliphatic heterocycles. The first-order chi connectivity index (χ1) is 23.4. The Bertz CT molecular complexity index is 2620. The molecule has 0 amide bonds. The van der Waals surface area contributed by atoms with E-state index in [-0.39, 0.29) is 35.8 Å². The largest absolute Gasteiger partial charge is 0.283 e. The van der Waals surface area contributed by atoms with Gasteiger partial charge in [-0.3, -0.25) is 4.40 Å². The van der Waals surface area contributed by atoms with E-state index in [1.165, 1.54) is 0 Å². The molecule has 0 aliphatic rings. The van der Waals surface area contributed by atoms with Crippen LogP contribution in [0.4, 0.5) is 0 Å². The second-order valence-corrected chi connectivity index (χ2v) is 10.8. The molecule has 0 N–H and O–H groups in total. The van der Waals surface area contributed by atoms with Crippen molar-refractivity contribution in [2.45, 2.75) is 0 Å². The minimum absolute atomic E-state index is 0.196. The standard InChI is InChI=1S/C40H25N3/c1-3-8-26(9-4-1)34-22-30-16-18-32-24-35(25-33-19-17-31(23-34)36(30)37(32)33)27-12-14-29(15-13-27)39-38(28-10-5-2-6-11-28)42-40-41-20-7-21-43(39)40/h1-25H/i1D,3D,4D,8D,9D. The molecule has 200 valence electrons. The van der Waals surface area contributed by atoms with E-state index in [1.54, 1.807) is 6.20 Å². The average molecular weight is 553 g/mol. The van der Waals surface area contributed by atoms with Crippen molar-refractivity contribution in [1.82, 2.24) is 14.4 Å². The Balaban J connectivity index is 1.15. The first-order valence-corrected chi connectivity index (χ1v) is 14.2. The number of imidazole rings is 1. The molecule has 0 fully saturated rings. The van der Waals surface area contributed by atoms with E-state index in [0.717, 1.165) is 66.0 Å². The molecular formula is C40H25N3. The zero-order valence-electron chi connectivity index (χ0n) is 27.9. The fourth-order valence-electron chi connectivity index (χ4n) is 6.32. The molecule has 3 nitrogen and oxygen atoms in total. The van der Waals surface area contributed by atoms with Crippen molar-refractivity contribution in [2.24, 2.45) is 0 Å². The third-order valence-corrected chi connectivity index (χ3v) is 8.26. The van der Waals surface area contributed by atoms with Gasteiger partial charge in [0.2, 0.25) is 5.78 Å². The maximum atomic E-state index is 8.50. The monoisotopic (exact) mass is 552 g/mol. The summed E-state index contributed by atoms with van der Waals surface area (Å²) in [4.78, 5) is 9.37. The molecular weight excluding hydrogens is 522 g/mol. The molecule has 3 heteroatoms. The molecule has 0 bridgehead atoms. The first kappa shape index (κ1) is 19.3. The molecule has 0 atom stereocenters. The lowest BCUT2D eigenvalue weighted by molar-refractivity contribution is 1.11. The minimum Gasteiger partial charge on any atom is -0.283 e. The average Bonchev–Trinajstić information content (AvgIpc) is 3.52. The second-order valence-electron chi connectivity index (χ2n) is 10.8. The van der Waals surface area contributed by atoms with Gasteiger partial charge in [0.05, 0.1) is 18.2 Å². The predicted molar refractivity (Wildman–Crippen MR) is 178 cm³/mol. The number of benzene rings is 7. The summed E-state index contributed by atoms with van der Waals surface area (Å²) in [6, 6.07) is 35.9. The number of fused-ring (bicyclic) bond motifs is 1. The van der Waals surface area contributed by atoms with Crippen molar-refractivity contribution in [3.05, 3.63) is 152 Å². The number of hydrogen-bond acceptors (Lipinski definition) is 2. The Kier molecular flexibility index (Phi) is 4.21. The number of aromatic nitrogens is 3. The van der Waals surface area contributed by atoms with Gasteiger partial charge in [-0.25, -0.2) is 9.97 Å². The summed E-state index contributed by atoms with van der Waals surface area (Å²) in [5.41, 5.74) is 7.00. The first-order valence-electron chi connectivity index (χ1n) is 16.7. The lowest BCUT2D eigenvalue weighted by Gasteiger charge is -2.15. The Labute approximate surface area is 255 Å². The van der Waals surface area contributed by atoms with Crippen LogP contribution in [-0.4, -0.2) is 14.4 Å². The number of nitrogens with zero attached hydrogens (tertiary/aromatic N) is 3. The summed E-state index contributed by atoms with van der Waals surface area (Å²) < 4.78 is 43.3. The van der Waals surface area contributed by atoms with E-state index in [9.17, 15) is 0 Å². The molecule has 0 unspecified atom stereocenters. The van der Waals surface area contributed by atoms with E-state index in [0.29, 0.717) is 11.3 Å². The molecule has 9 aromatic rings. The topological polar surface area (TPSA) is 30.2 Å². The van der Waals surface area contributed by atoms with Gasteiger partial charge in [0.25, 0.3) is 0 Å². The summed E-state index contributed by atoms with van der Waals surface area (Å²) in [5, 5.41) is 6.38. The van der Waals surface area contributed by atoms with Gasteiger partial charge < -0.3 is 0 Å². The number of hydrogen-bond donors (Lipinski definition) is 0. The second kappa shape index (κ2) is 9.37. The van der Waals surface area contributed by atoms with Gasteiger partial charge in [-0.2, -0.15) is 0 Å². The van der Waals surface area contributed by atoms with Crippen molar-refractivity contribution >= 4 is 38.1 Å². The van der Waals surface area contributed by atoms with Crippen molar-refractivity contribution in [3.8, 4) is 44.8 Å². The van der Waals surface area contributed by atoms with Crippen LogP contribution in [0.1, 0.15) is 6.85 Å². The zero-order valence-corrected chi connectivity index (χ0v) is 22.9. The lowest BCUT2D eigenvalue weighted by Crippen LogP contribution is -1.91. The van der Waals surface area contributed by atoms with Gasteiger partial charge in [0, 0.05) is 23.5 Å². The fourth-order valence-corrected chi connectivity index (χ4v) is 6.32. The molecule has 7 aromatic carbocycles. The van der Waals surface area contributed by atoms with Gasteiger partial charge in [-0.1, -0.05) is 109 Å². The predicted octanol–water partition coefficient (Wildman–Crippen LogP) is 10.3. The van der Waals surface area contributed by atoms with Gasteiger partial charge >= 0.3 is 0 Å². The van der Waals surface area contributed by atoms with Gasteiger partial charge in [-0.15, -0.1) is 0 Å². The third-order valence-electron chi connectivity index (χ3n) is 8.26. The van der Waals surface area contributed by atoms with E-state index in [4.69, 9.17) is 11.8 Å². The summed E-state index contributed by atoms with van der Waals surface area (Å²) in [7, 11) is 0. The van der Waals surface area contributed by atoms with E-state index >= 15 is 0 Å². The molecule has 2 aromatic heterocycles. The Morgan fingerprint density at radius 2 is 1.09 bits per heavy atom. The van der Waals surface area contributed by atoms with Crippen LogP contribution < -0.4 is 0 Å². The Morgan fingerprint density at radius 1 is 0.512 bits per heavy atom. The summed E-state index contributed by atoms with van der Waals surface area (Å²) >= 11 is 0. The van der Waals surface area contributed by atoms with Gasteiger partial charge in [0.1, 0.15) is 0 Å². The molecule has 9 rings (SSSR count). The van der Waals surface area contributed by atoms with Gasteiger partial charge in [-0.05, 0) is 84.9 Å². The molecule has 0 radical (unpaired) electrons. The molecule has 2 heterocycles. The molecule has 0 saturated heterocycles. The maximum Gasteiger partial charge on any atom is 0.234 e. The van der Waals surface area contributed by atoms with Crippen LogP contribution in [0.2, 0.25) is 0 Å². The van der Waals surface area contributed by atoms with Crippen molar-refractivity contribution in [1.29, 1.82) is 0 Å². The van der Waals surface area contributed by atoms with Crippen LogP contribution in [0, 0.1) is 0 Å². The highest BCUT2D eigenvalue weighted by Gasteiger charge is 2.17. The van der Waals surface area contributed by atoms with E-state index < -0.39 is 0 Å². The molecule has 0 aliphatic carbocycles. The normalized spacial score (nSPS) is 13.3. The van der Waals surface area contributed by atoms with E-state index in [2.05, 4.69) is 77.8 Å². The molecule has 0 saturated carbocycles. The highest BCUT2D eigenvalue weighted by Crippen LogP contribution is 2.40. The zero-order chi connectivity index (χ0) is 32.7. The van der Waals surface area contributed by atoms with Gasteiger partial charge in [0.15, 0.2) is 0 Å². The minimum atomic E-state index is -0.388. The smallest absolute Gasteiger partial charge is 0.234 e. The quantitative estimate of drug-likeness (QED) is 0.203. The van der Waals surface area contributed by atoms with E-state index in [1.807, 2.05) is 47.0 Å². The van der Waals surface area contributed by atoms with Crippen LogP contribution in [0.25, 0.3) is 82.9 Å². The highest BCUT2D eigenvalue weighted by molar-refractivity contribution is 6.24. The van der Waals surface area contributed by atoms with Crippen LogP contribution in [0.5, 0.6) is 0 Å². The highest BCUT2D eigenvalue weighted by atomic mass is 15.1. The van der Waals surface area contributed by atoms with Crippen LogP contribution >= 0.6 is 0 Å². The summed E-state index contributed by atoms with van der Waals surface area (Å²) in [5.74, 6) is 0.655. The van der Waals surface area contributed by atoms with Crippen LogP contribution in [0.3, 0.4) is 0 Å². The molecule has 0 spiro atoms. The number of rotatable bonds is 4. The van der Waals surface area contributed by atoms with Crippen molar-refractivity contribution in [2.75, 3.05) is 0 Å². The van der Waals surface area contributed by atoms with Crippen molar-refractivity contribution in [3.63, 3.8) is 0 Å². The summed E-state index contributed by atoms with van der Waals surface area (Å²) in [6.07, 6.45) is 3.76. The SMILES string of the molecule is [2H]c1c([2H])c([2H])c(-c2cc3ccc4cc(-c5ccc(-c6c(-c7ccccc7)nc7ncccn67)cc5)cc5ccc(c2)c3c45)c([2H])c1[2H]. The molecule has 43 heavy (non-hydrogen) atoms. The Hall–Kier alpha value is -5.80. The van der Waals surface area contributed by atoms with Crippen LogP contribution in [0.15, 0.2) is 152 Å². The van der Waals surface area contributed by atoms with Crippen molar-refractivity contribution < 1.29 is 6.85 Å². The summed E-state index contributed by atoms with van der Waals surface area (Å²) in [6.45, 7) is 0. The third kappa shape index (κ3) is 3.83. The lowest BCUT2D eigenvalue weighted by atomic mass is 9.89. The Morgan fingerprint density at radius 3 is 1.72 bits per heavy atom. The fraction of sp³-hybridized carbons (Fsp3) is 0. The maximum absolute atomic E-state index is 8.50.